The zero-order valence-electron chi connectivity index (χ0n) is 10.2. The fourth-order valence-corrected chi connectivity index (χ4v) is 1.68. The number of ether oxygens (including phenoxy) is 2. The molecule has 0 aliphatic rings. The molecule has 0 amide bonds. The smallest absolute Gasteiger partial charge is 0.203 e. The predicted molar refractivity (Wildman–Crippen MR) is 65.0 cm³/mol. The van der Waals surface area contributed by atoms with Crippen LogP contribution in [0.25, 0.3) is 5.69 Å². The van der Waals surface area contributed by atoms with Gasteiger partial charge in [-0.15, -0.1) is 0 Å². The molecule has 0 N–H and O–H groups in total. The lowest BCUT2D eigenvalue weighted by Gasteiger charge is -2.10. The molecule has 0 fully saturated rings. The maximum atomic E-state index is 9.10. The Kier molecular flexibility index (Phi) is 3.72. The average molecular weight is 243 g/mol. The molecule has 2 rings (SSSR count). The third kappa shape index (κ3) is 2.25. The number of nitriles is 1. The van der Waals surface area contributed by atoms with Gasteiger partial charge in [0.1, 0.15) is 11.8 Å². The Morgan fingerprint density at radius 1 is 1.22 bits per heavy atom. The van der Waals surface area contributed by atoms with Gasteiger partial charge in [0.05, 0.1) is 11.3 Å². The van der Waals surface area contributed by atoms with Crippen molar-refractivity contribution >= 4 is 0 Å². The van der Waals surface area contributed by atoms with Crippen molar-refractivity contribution in [1.82, 2.24) is 9.78 Å². The summed E-state index contributed by atoms with van der Waals surface area (Å²) >= 11 is 0. The van der Waals surface area contributed by atoms with Crippen LogP contribution in [0.2, 0.25) is 0 Å². The van der Waals surface area contributed by atoms with Gasteiger partial charge in [-0.3, -0.25) is 0 Å². The molecular formula is C13H13N3O2. The summed E-state index contributed by atoms with van der Waals surface area (Å²) in [7, 11) is 3.02. The summed E-state index contributed by atoms with van der Waals surface area (Å²) in [6.45, 7) is 0. The summed E-state index contributed by atoms with van der Waals surface area (Å²) in [6, 6.07) is 11.7. The Hall–Kier alpha value is -2.16. The molecule has 0 saturated carbocycles. The van der Waals surface area contributed by atoms with Crippen molar-refractivity contribution in [3.8, 4) is 11.8 Å². The molecule has 0 aliphatic heterocycles. The van der Waals surface area contributed by atoms with Crippen molar-refractivity contribution in [3.63, 3.8) is 0 Å². The molecule has 0 bridgehead atoms. The topological polar surface area (TPSA) is 60.1 Å². The van der Waals surface area contributed by atoms with E-state index in [4.69, 9.17) is 14.7 Å². The van der Waals surface area contributed by atoms with E-state index in [0.717, 1.165) is 5.69 Å². The molecule has 0 aliphatic carbocycles. The van der Waals surface area contributed by atoms with Crippen molar-refractivity contribution in [1.29, 1.82) is 5.26 Å². The first kappa shape index (κ1) is 12.3. The predicted octanol–water partition coefficient (Wildman–Crippen LogP) is 2.04. The lowest BCUT2D eigenvalue weighted by atomic mass is 10.2. The first-order valence-corrected chi connectivity index (χ1v) is 5.40. The Morgan fingerprint density at radius 2 is 1.89 bits per heavy atom. The number of para-hydroxylation sites is 1. The van der Waals surface area contributed by atoms with E-state index in [1.54, 1.807) is 10.9 Å². The molecule has 1 aromatic carbocycles. The lowest BCUT2D eigenvalue weighted by Crippen LogP contribution is -2.07. The van der Waals surface area contributed by atoms with Crippen LogP contribution in [0.15, 0.2) is 36.5 Å². The third-order valence-corrected chi connectivity index (χ3v) is 2.54. The number of methoxy groups -OCH3 is 2. The second-order valence-corrected chi connectivity index (χ2v) is 3.62. The average Bonchev–Trinajstić information content (AvgIpc) is 2.85. The largest absolute Gasteiger partial charge is 0.350 e. The molecule has 1 heterocycles. The number of benzene rings is 1. The van der Waals surface area contributed by atoms with Gasteiger partial charge in [0.2, 0.25) is 6.29 Å². The first-order valence-electron chi connectivity index (χ1n) is 5.40. The minimum atomic E-state index is -0.635. The minimum absolute atomic E-state index is 0.438. The normalized spacial score (nSPS) is 10.6. The van der Waals surface area contributed by atoms with Crippen molar-refractivity contribution in [2.24, 2.45) is 0 Å². The van der Waals surface area contributed by atoms with Gasteiger partial charge in [0.25, 0.3) is 0 Å². The minimum Gasteiger partial charge on any atom is -0.350 e. The van der Waals surface area contributed by atoms with Crippen LogP contribution in [0, 0.1) is 11.3 Å². The van der Waals surface area contributed by atoms with E-state index in [9.17, 15) is 0 Å². The highest BCUT2D eigenvalue weighted by Crippen LogP contribution is 2.21. The summed E-state index contributed by atoms with van der Waals surface area (Å²) in [5.41, 5.74) is 1.80. The maximum Gasteiger partial charge on any atom is 0.203 e. The van der Waals surface area contributed by atoms with Crippen molar-refractivity contribution < 1.29 is 9.47 Å². The Bertz CT molecular complexity index is 553. The Morgan fingerprint density at radius 3 is 2.44 bits per heavy atom. The first-order chi connectivity index (χ1) is 8.80. The van der Waals surface area contributed by atoms with Crippen LogP contribution >= 0.6 is 0 Å². The summed E-state index contributed by atoms with van der Waals surface area (Å²) in [5.74, 6) is 0. The highest BCUT2D eigenvalue weighted by molar-refractivity contribution is 5.38. The van der Waals surface area contributed by atoms with E-state index >= 15 is 0 Å². The zero-order chi connectivity index (χ0) is 13.0. The molecule has 5 heteroatoms. The van der Waals surface area contributed by atoms with E-state index in [1.807, 2.05) is 30.3 Å². The van der Waals surface area contributed by atoms with E-state index in [-0.39, 0.29) is 0 Å². The van der Waals surface area contributed by atoms with E-state index in [1.165, 1.54) is 14.2 Å². The molecule has 0 spiro atoms. The van der Waals surface area contributed by atoms with Crippen LogP contribution in [0.5, 0.6) is 0 Å². The molecular weight excluding hydrogens is 230 g/mol. The van der Waals surface area contributed by atoms with Crippen LogP contribution in [0.3, 0.4) is 0 Å². The van der Waals surface area contributed by atoms with Crippen LogP contribution < -0.4 is 0 Å². The molecule has 5 nitrogen and oxygen atoms in total. The summed E-state index contributed by atoms with van der Waals surface area (Å²) in [4.78, 5) is 0. The molecule has 1 aromatic heterocycles. The van der Waals surface area contributed by atoms with Gasteiger partial charge in [-0.1, -0.05) is 18.2 Å². The molecule has 0 saturated heterocycles. The van der Waals surface area contributed by atoms with Crippen molar-refractivity contribution in [2.75, 3.05) is 14.2 Å². The van der Waals surface area contributed by atoms with Gasteiger partial charge in [-0.05, 0) is 12.1 Å². The lowest BCUT2D eigenvalue weighted by molar-refractivity contribution is -0.108. The molecule has 0 radical (unpaired) electrons. The fourth-order valence-electron chi connectivity index (χ4n) is 1.68. The van der Waals surface area contributed by atoms with Crippen LogP contribution in [-0.4, -0.2) is 24.0 Å². The van der Waals surface area contributed by atoms with E-state index < -0.39 is 6.29 Å². The van der Waals surface area contributed by atoms with Crippen LogP contribution in [0.4, 0.5) is 0 Å². The fraction of sp³-hybridized carbons (Fsp3) is 0.231. The van der Waals surface area contributed by atoms with E-state index in [0.29, 0.717) is 11.3 Å². The monoisotopic (exact) mass is 243 g/mol. The van der Waals surface area contributed by atoms with Crippen molar-refractivity contribution in [3.05, 3.63) is 47.8 Å². The summed E-state index contributed by atoms with van der Waals surface area (Å²) in [6.07, 6.45) is 1.03. The maximum absolute atomic E-state index is 9.10. The molecule has 0 atom stereocenters. The summed E-state index contributed by atoms with van der Waals surface area (Å²) in [5, 5.41) is 13.4. The molecule has 18 heavy (non-hydrogen) atoms. The van der Waals surface area contributed by atoms with Gasteiger partial charge in [0, 0.05) is 20.4 Å². The van der Waals surface area contributed by atoms with Gasteiger partial charge in [0.15, 0.2) is 0 Å². The van der Waals surface area contributed by atoms with E-state index in [2.05, 4.69) is 11.2 Å². The Balaban J connectivity index is 2.45. The van der Waals surface area contributed by atoms with Crippen molar-refractivity contribution in [2.45, 2.75) is 6.29 Å². The van der Waals surface area contributed by atoms with Gasteiger partial charge >= 0.3 is 0 Å². The van der Waals surface area contributed by atoms with Gasteiger partial charge < -0.3 is 9.47 Å². The molecule has 2 aromatic rings. The third-order valence-electron chi connectivity index (χ3n) is 2.54. The van der Waals surface area contributed by atoms with Gasteiger partial charge in [-0.2, -0.15) is 10.4 Å². The van der Waals surface area contributed by atoms with Gasteiger partial charge in [-0.25, -0.2) is 4.68 Å². The number of hydrogen-bond acceptors (Lipinski definition) is 4. The standard InChI is InChI=1S/C13H13N3O2/c1-17-13(18-2)12-10(8-14)9-16(15-12)11-6-4-3-5-7-11/h3-7,9,13H,1-2H3. The van der Waals surface area contributed by atoms with Crippen LogP contribution in [-0.2, 0) is 9.47 Å². The highest BCUT2D eigenvalue weighted by Gasteiger charge is 2.19. The number of nitrogens with zero attached hydrogens (tertiary/aromatic N) is 3. The second-order valence-electron chi connectivity index (χ2n) is 3.62. The van der Waals surface area contributed by atoms with Crippen LogP contribution in [0.1, 0.15) is 17.5 Å². The Labute approximate surface area is 105 Å². The zero-order valence-corrected chi connectivity index (χ0v) is 10.2. The molecule has 0 unspecified atom stereocenters. The highest BCUT2D eigenvalue weighted by atomic mass is 16.7. The number of hydrogen-bond donors (Lipinski definition) is 0. The SMILES string of the molecule is COC(OC)c1nn(-c2ccccc2)cc1C#N. The molecule has 92 valence electrons. The summed E-state index contributed by atoms with van der Waals surface area (Å²) < 4.78 is 11.9. The quantitative estimate of drug-likeness (QED) is 0.771. The second kappa shape index (κ2) is 5.45. The number of rotatable bonds is 4. The number of aromatic nitrogens is 2.